The van der Waals surface area contributed by atoms with Gasteiger partial charge in [0.05, 0.1) is 18.5 Å². The van der Waals surface area contributed by atoms with Crippen LogP contribution in [0.15, 0.2) is 0 Å². The number of amides is 1. The van der Waals surface area contributed by atoms with Gasteiger partial charge in [-0.15, -0.1) is 11.8 Å². The molecule has 0 aromatic rings. The molecule has 0 fully saturated rings. The Morgan fingerprint density at radius 3 is 2.68 bits per heavy atom. The van der Waals surface area contributed by atoms with Gasteiger partial charge in [-0.1, -0.05) is 0 Å². The maximum Gasteiger partial charge on any atom is 0.322 e. The second-order valence-electron chi connectivity index (χ2n) is 3.94. The Morgan fingerprint density at radius 1 is 1.42 bits per heavy atom. The Labute approximate surface area is 118 Å². The first-order valence-corrected chi connectivity index (χ1v) is 7.38. The van der Waals surface area contributed by atoms with E-state index in [0.717, 1.165) is 0 Å². The van der Waals surface area contributed by atoms with E-state index in [-0.39, 0.29) is 17.1 Å². The third kappa shape index (κ3) is 8.85. The summed E-state index contributed by atoms with van der Waals surface area (Å²) in [5.41, 5.74) is 5.66. The van der Waals surface area contributed by atoms with Crippen LogP contribution in [-0.4, -0.2) is 55.8 Å². The lowest BCUT2D eigenvalue weighted by Crippen LogP contribution is -2.35. The maximum absolute atomic E-state index is 11.6. The summed E-state index contributed by atoms with van der Waals surface area (Å²) < 4.78 is 9.65. The van der Waals surface area contributed by atoms with Crippen LogP contribution in [-0.2, 0) is 19.1 Å². The average Bonchev–Trinajstić information content (AvgIpc) is 2.38. The van der Waals surface area contributed by atoms with Crippen LogP contribution in [0.5, 0.6) is 0 Å². The summed E-state index contributed by atoms with van der Waals surface area (Å²) >= 11 is 1.47. The van der Waals surface area contributed by atoms with E-state index in [1.54, 1.807) is 14.0 Å². The Morgan fingerprint density at radius 2 is 2.11 bits per heavy atom. The minimum absolute atomic E-state index is 0.0354. The highest BCUT2D eigenvalue weighted by molar-refractivity contribution is 8.00. The van der Waals surface area contributed by atoms with Crippen molar-refractivity contribution in [2.24, 2.45) is 5.73 Å². The fraction of sp³-hybridized carbons (Fsp3) is 0.833. The molecular formula is C12H24N2O4S. The largest absolute Gasteiger partial charge is 0.465 e. The number of esters is 1. The first-order chi connectivity index (χ1) is 9.02. The van der Waals surface area contributed by atoms with Gasteiger partial charge in [-0.3, -0.25) is 9.59 Å². The normalized spacial score (nSPS) is 13.7. The van der Waals surface area contributed by atoms with E-state index < -0.39 is 6.04 Å². The third-order valence-electron chi connectivity index (χ3n) is 2.36. The maximum atomic E-state index is 11.6. The Bertz CT molecular complexity index is 276. The van der Waals surface area contributed by atoms with Crippen LogP contribution in [0.2, 0.25) is 0 Å². The van der Waals surface area contributed by atoms with Crippen LogP contribution in [0.1, 0.15) is 20.3 Å². The quantitative estimate of drug-likeness (QED) is 0.440. The summed E-state index contributed by atoms with van der Waals surface area (Å²) in [6, 6.07) is -0.615. The second-order valence-corrected chi connectivity index (χ2v) is 5.39. The lowest BCUT2D eigenvalue weighted by atomic mass is 10.2. The number of methoxy groups -OCH3 is 1. The standard InChI is InChI=1S/C12H24N2O4S/c1-4-18-12(16)10(13)5-8-19-9(2)11(15)14-6-7-17-3/h9-10H,4-8,13H2,1-3H3,(H,14,15). The molecule has 2 atom stereocenters. The van der Waals surface area contributed by atoms with E-state index >= 15 is 0 Å². The molecule has 6 nitrogen and oxygen atoms in total. The van der Waals surface area contributed by atoms with Crippen LogP contribution in [0.4, 0.5) is 0 Å². The number of hydrogen-bond donors (Lipinski definition) is 2. The van der Waals surface area contributed by atoms with E-state index in [9.17, 15) is 9.59 Å². The third-order valence-corrected chi connectivity index (χ3v) is 3.55. The smallest absolute Gasteiger partial charge is 0.322 e. The molecule has 0 aromatic heterocycles. The predicted molar refractivity (Wildman–Crippen MR) is 76.0 cm³/mol. The molecule has 0 aliphatic carbocycles. The number of carbonyl (C=O) groups excluding carboxylic acids is 2. The highest BCUT2D eigenvalue weighted by Crippen LogP contribution is 2.12. The highest BCUT2D eigenvalue weighted by atomic mass is 32.2. The number of ether oxygens (including phenoxy) is 2. The number of nitrogens with two attached hydrogens (primary N) is 1. The molecule has 0 rings (SSSR count). The van der Waals surface area contributed by atoms with Crippen LogP contribution in [0.3, 0.4) is 0 Å². The first-order valence-electron chi connectivity index (χ1n) is 6.33. The predicted octanol–water partition coefficient (Wildman–Crippen LogP) is 0.151. The van der Waals surface area contributed by atoms with Crippen LogP contribution < -0.4 is 11.1 Å². The molecule has 7 heteroatoms. The van der Waals surface area contributed by atoms with Gasteiger partial charge < -0.3 is 20.5 Å². The van der Waals surface area contributed by atoms with Crippen molar-refractivity contribution in [1.82, 2.24) is 5.32 Å². The molecule has 0 bridgehead atoms. The number of carbonyl (C=O) groups is 2. The molecule has 3 N–H and O–H groups in total. The number of thioether (sulfide) groups is 1. The number of nitrogens with one attached hydrogen (secondary N) is 1. The van der Waals surface area contributed by atoms with Gasteiger partial charge in [0.25, 0.3) is 0 Å². The van der Waals surface area contributed by atoms with E-state index in [2.05, 4.69) is 5.32 Å². The molecule has 2 unspecified atom stereocenters. The lowest BCUT2D eigenvalue weighted by Gasteiger charge is -2.13. The van der Waals surface area contributed by atoms with Crippen molar-refractivity contribution in [2.75, 3.05) is 32.6 Å². The summed E-state index contributed by atoms with van der Waals surface area (Å²) in [5, 5.41) is 2.58. The van der Waals surface area contributed by atoms with Crippen molar-refractivity contribution in [1.29, 1.82) is 0 Å². The van der Waals surface area contributed by atoms with Crippen molar-refractivity contribution in [3.8, 4) is 0 Å². The van der Waals surface area contributed by atoms with Crippen molar-refractivity contribution in [2.45, 2.75) is 31.6 Å². The van der Waals surface area contributed by atoms with E-state index in [4.69, 9.17) is 15.2 Å². The van der Waals surface area contributed by atoms with E-state index in [1.165, 1.54) is 11.8 Å². The molecule has 19 heavy (non-hydrogen) atoms. The summed E-state index contributed by atoms with van der Waals surface area (Å²) in [5.74, 6) is 0.214. The summed E-state index contributed by atoms with van der Waals surface area (Å²) in [6.45, 7) is 4.89. The van der Waals surface area contributed by atoms with Gasteiger partial charge in [0, 0.05) is 13.7 Å². The molecule has 0 aliphatic rings. The fourth-order valence-corrected chi connectivity index (χ4v) is 2.21. The summed E-state index contributed by atoms with van der Waals surface area (Å²) in [6.07, 6.45) is 0.499. The summed E-state index contributed by atoms with van der Waals surface area (Å²) in [7, 11) is 1.58. The van der Waals surface area contributed by atoms with Gasteiger partial charge in [-0.05, 0) is 26.0 Å². The van der Waals surface area contributed by atoms with Gasteiger partial charge in [0.1, 0.15) is 6.04 Å². The van der Waals surface area contributed by atoms with Crippen LogP contribution in [0, 0.1) is 0 Å². The molecule has 112 valence electrons. The van der Waals surface area contributed by atoms with Crippen molar-refractivity contribution >= 4 is 23.6 Å². The SMILES string of the molecule is CCOC(=O)C(N)CCSC(C)C(=O)NCCOC. The highest BCUT2D eigenvalue weighted by Gasteiger charge is 2.17. The van der Waals surface area contributed by atoms with Gasteiger partial charge in [0.15, 0.2) is 0 Å². The number of hydrogen-bond acceptors (Lipinski definition) is 6. The van der Waals surface area contributed by atoms with Gasteiger partial charge in [0.2, 0.25) is 5.91 Å². The monoisotopic (exact) mass is 292 g/mol. The van der Waals surface area contributed by atoms with Gasteiger partial charge in [-0.2, -0.15) is 0 Å². The Kier molecular flexibility index (Phi) is 10.6. The van der Waals surface area contributed by atoms with Crippen molar-refractivity contribution < 1.29 is 19.1 Å². The molecule has 0 aliphatic heterocycles. The fourth-order valence-electron chi connectivity index (χ4n) is 1.23. The molecular weight excluding hydrogens is 268 g/mol. The minimum Gasteiger partial charge on any atom is -0.465 e. The molecule has 0 radical (unpaired) electrons. The second kappa shape index (κ2) is 11.1. The van der Waals surface area contributed by atoms with Crippen molar-refractivity contribution in [3.63, 3.8) is 0 Å². The number of rotatable bonds is 10. The first kappa shape index (κ1) is 18.2. The minimum atomic E-state index is -0.615. The molecule has 1 amide bonds. The van der Waals surface area contributed by atoms with E-state index in [1.807, 2.05) is 6.92 Å². The zero-order valence-electron chi connectivity index (χ0n) is 11.8. The topological polar surface area (TPSA) is 90.7 Å². The lowest BCUT2D eigenvalue weighted by molar-refractivity contribution is -0.144. The molecule has 0 saturated heterocycles. The molecule has 0 heterocycles. The van der Waals surface area contributed by atoms with Crippen molar-refractivity contribution in [3.05, 3.63) is 0 Å². The van der Waals surface area contributed by atoms with Gasteiger partial charge >= 0.3 is 5.97 Å². The Hall–Kier alpha value is -0.790. The zero-order valence-corrected chi connectivity index (χ0v) is 12.6. The van der Waals surface area contributed by atoms with Crippen LogP contribution in [0.25, 0.3) is 0 Å². The van der Waals surface area contributed by atoms with Gasteiger partial charge in [-0.25, -0.2) is 0 Å². The molecule has 0 spiro atoms. The Balaban J connectivity index is 3.75. The zero-order chi connectivity index (χ0) is 14.7. The molecule has 0 saturated carbocycles. The van der Waals surface area contributed by atoms with E-state index in [0.29, 0.717) is 31.9 Å². The van der Waals surface area contributed by atoms with Crippen LogP contribution >= 0.6 is 11.8 Å². The summed E-state index contributed by atoms with van der Waals surface area (Å²) in [4.78, 5) is 22.9. The molecule has 0 aromatic carbocycles. The average molecular weight is 292 g/mol.